The van der Waals surface area contributed by atoms with Crippen molar-refractivity contribution in [2.45, 2.75) is 38.9 Å². The van der Waals surface area contributed by atoms with Gasteiger partial charge in [0.05, 0.1) is 11.2 Å². The van der Waals surface area contributed by atoms with Crippen LogP contribution in [0.1, 0.15) is 27.7 Å². The highest BCUT2D eigenvalue weighted by atomic mass is 16.7. The van der Waals surface area contributed by atoms with Gasteiger partial charge < -0.3 is 19.6 Å². The Morgan fingerprint density at radius 1 is 1.12 bits per heavy atom. The summed E-state index contributed by atoms with van der Waals surface area (Å²) in [6, 6.07) is 0. The molecule has 1 aliphatic heterocycles. The van der Waals surface area contributed by atoms with E-state index in [9.17, 15) is 0 Å². The SMILES string of the molecule is CN(C)/C=C(\C=N)B1OC(C)(C)C(C)(C)O1. The van der Waals surface area contributed by atoms with Gasteiger partial charge in [0, 0.05) is 25.8 Å². The van der Waals surface area contributed by atoms with E-state index in [1.807, 2.05) is 52.9 Å². The van der Waals surface area contributed by atoms with E-state index in [4.69, 9.17) is 14.7 Å². The fraction of sp³-hybridized carbons (Fsp3) is 0.727. The number of hydrogen-bond acceptors (Lipinski definition) is 4. The van der Waals surface area contributed by atoms with Crippen molar-refractivity contribution in [1.29, 1.82) is 5.41 Å². The number of nitrogens with zero attached hydrogens (tertiary/aromatic N) is 1. The largest absolute Gasteiger partial charge is 0.497 e. The molecule has 0 atom stereocenters. The third kappa shape index (κ3) is 2.47. The highest BCUT2D eigenvalue weighted by molar-refractivity contribution is 6.60. The Bertz CT molecular complexity index is 295. The lowest BCUT2D eigenvalue weighted by molar-refractivity contribution is 0.00578. The molecule has 1 aliphatic rings. The van der Waals surface area contributed by atoms with Crippen LogP contribution in [0.25, 0.3) is 0 Å². The van der Waals surface area contributed by atoms with Crippen molar-refractivity contribution < 1.29 is 9.31 Å². The maximum Gasteiger partial charge on any atom is 0.497 e. The Labute approximate surface area is 98.3 Å². The monoisotopic (exact) mass is 224 g/mol. The van der Waals surface area contributed by atoms with Gasteiger partial charge >= 0.3 is 7.12 Å². The maximum absolute atomic E-state index is 7.40. The molecule has 0 aromatic heterocycles. The molecule has 1 heterocycles. The molecule has 1 rings (SSSR count). The van der Waals surface area contributed by atoms with Gasteiger partial charge in [0.25, 0.3) is 0 Å². The highest BCUT2D eigenvalue weighted by Crippen LogP contribution is 2.38. The molecule has 5 heteroatoms. The standard InChI is InChI=1S/C11H21BN2O2/c1-10(2)11(3,4)16-12(15-10)9(7-13)8-14(5)6/h7-8,13H,1-6H3/b9-8+,13-7?. The number of hydrogen-bond donors (Lipinski definition) is 1. The van der Waals surface area contributed by atoms with Crippen molar-refractivity contribution in [1.82, 2.24) is 4.90 Å². The first-order valence-corrected chi connectivity index (χ1v) is 5.44. The third-order valence-corrected chi connectivity index (χ3v) is 3.10. The zero-order chi connectivity index (χ0) is 12.6. The number of allylic oxidation sites excluding steroid dienone is 1. The van der Waals surface area contributed by atoms with Gasteiger partial charge in [0.2, 0.25) is 0 Å². The van der Waals surface area contributed by atoms with Crippen LogP contribution in [0.15, 0.2) is 11.7 Å². The zero-order valence-corrected chi connectivity index (χ0v) is 11.0. The van der Waals surface area contributed by atoms with E-state index < -0.39 is 7.12 Å². The van der Waals surface area contributed by atoms with Crippen LogP contribution in [0, 0.1) is 5.41 Å². The van der Waals surface area contributed by atoms with E-state index in [0.29, 0.717) is 0 Å². The molecule has 0 bridgehead atoms. The molecule has 90 valence electrons. The normalized spacial score (nSPS) is 23.4. The van der Waals surface area contributed by atoms with E-state index in [-0.39, 0.29) is 11.2 Å². The van der Waals surface area contributed by atoms with Crippen LogP contribution in [0.5, 0.6) is 0 Å². The molecule has 0 amide bonds. The average molecular weight is 224 g/mol. The van der Waals surface area contributed by atoms with E-state index in [0.717, 1.165) is 5.47 Å². The van der Waals surface area contributed by atoms with Gasteiger partial charge in [0.15, 0.2) is 0 Å². The molecule has 0 spiro atoms. The molecule has 0 aliphatic carbocycles. The lowest BCUT2D eigenvalue weighted by atomic mass is 9.79. The second kappa shape index (κ2) is 4.22. The Balaban J connectivity index is 2.90. The van der Waals surface area contributed by atoms with Crippen LogP contribution in [-0.4, -0.2) is 43.5 Å². The molecule has 0 saturated carbocycles. The summed E-state index contributed by atoms with van der Waals surface area (Å²) in [5.41, 5.74) is 0.0154. The minimum Gasteiger partial charge on any atom is -0.399 e. The molecule has 1 N–H and O–H groups in total. The molecular formula is C11H21BN2O2. The zero-order valence-electron chi connectivity index (χ0n) is 11.0. The average Bonchev–Trinajstić information content (AvgIpc) is 2.31. The minimum absolute atomic E-state index is 0.355. The van der Waals surface area contributed by atoms with E-state index in [1.54, 1.807) is 0 Å². The van der Waals surface area contributed by atoms with Gasteiger partial charge in [-0.3, -0.25) is 0 Å². The Hall–Kier alpha value is -0.805. The fourth-order valence-electron chi connectivity index (χ4n) is 1.44. The first kappa shape index (κ1) is 13.3. The van der Waals surface area contributed by atoms with Crippen molar-refractivity contribution in [3.8, 4) is 0 Å². The van der Waals surface area contributed by atoms with Crippen molar-refractivity contribution in [3.63, 3.8) is 0 Å². The molecule has 4 nitrogen and oxygen atoms in total. The van der Waals surface area contributed by atoms with Crippen LogP contribution in [0.3, 0.4) is 0 Å². The molecule has 1 saturated heterocycles. The molecule has 16 heavy (non-hydrogen) atoms. The van der Waals surface area contributed by atoms with Crippen molar-refractivity contribution >= 4 is 13.3 Å². The van der Waals surface area contributed by atoms with E-state index in [1.165, 1.54) is 6.21 Å². The maximum atomic E-state index is 7.40. The summed E-state index contributed by atoms with van der Waals surface area (Å²) in [6.07, 6.45) is 3.12. The van der Waals surface area contributed by atoms with Gasteiger partial charge in [0.1, 0.15) is 0 Å². The summed E-state index contributed by atoms with van der Waals surface area (Å²) < 4.78 is 11.7. The quantitative estimate of drug-likeness (QED) is 0.586. The van der Waals surface area contributed by atoms with Gasteiger partial charge in [-0.1, -0.05) is 0 Å². The predicted molar refractivity (Wildman–Crippen MR) is 66.6 cm³/mol. The molecule has 0 aromatic rings. The fourth-order valence-corrected chi connectivity index (χ4v) is 1.44. The summed E-state index contributed by atoms with van der Waals surface area (Å²) in [4.78, 5) is 1.88. The summed E-state index contributed by atoms with van der Waals surface area (Å²) in [5.74, 6) is 0. The molecular weight excluding hydrogens is 203 g/mol. The molecule has 0 aromatic carbocycles. The van der Waals surface area contributed by atoms with E-state index >= 15 is 0 Å². The third-order valence-electron chi connectivity index (χ3n) is 3.10. The predicted octanol–water partition coefficient (Wildman–Crippen LogP) is 1.71. The topological polar surface area (TPSA) is 45.6 Å². The summed E-state index contributed by atoms with van der Waals surface area (Å²) in [7, 11) is 3.37. The lowest BCUT2D eigenvalue weighted by Crippen LogP contribution is -2.41. The Kier molecular flexibility index (Phi) is 3.50. The molecule has 0 unspecified atom stereocenters. The van der Waals surface area contributed by atoms with Gasteiger partial charge in [-0.15, -0.1) is 0 Å². The molecule has 0 radical (unpaired) electrons. The lowest BCUT2D eigenvalue weighted by Gasteiger charge is -2.32. The first-order chi connectivity index (χ1) is 7.19. The van der Waals surface area contributed by atoms with Crippen LogP contribution in [-0.2, 0) is 9.31 Å². The van der Waals surface area contributed by atoms with Crippen molar-refractivity contribution in [2.75, 3.05) is 14.1 Å². The summed E-state index contributed by atoms with van der Waals surface area (Å²) >= 11 is 0. The van der Waals surface area contributed by atoms with E-state index in [2.05, 4.69) is 0 Å². The van der Waals surface area contributed by atoms with Crippen LogP contribution < -0.4 is 0 Å². The second-order valence-corrected chi connectivity index (χ2v) is 5.33. The highest BCUT2D eigenvalue weighted by Gasteiger charge is 2.52. The summed E-state index contributed by atoms with van der Waals surface area (Å²) in [5, 5.41) is 7.40. The number of nitrogens with one attached hydrogen (secondary N) is 1. The van der Waals surface area contributed by atoms with Gasteiger partial charge in [-0.25, -0.2) is 0 Å². The Morgan fingerprint density at radius 2 is 1.56 bits per heavy atom. The van der Waals surface area contributed by atoms with Crippen LogP contribution >= 0.6 is 0 Å². The molecule has 1 fully saturated rings. The minimum atomic E-state index is -0.454. The van der Waals surface area contributed by atoms with Gasteiger partial charge in [-0.05, 0) is 33.9 Å². The van der Waals surface area contributed by atoms with Gasteiger partial charge in [-0.2, -0.15) is 0 Å². The van der Waals surface area contributed by atoms with Crippen molar-refractivity contribution in [2.24, 2.45) is 0 Å². The summed E-state index contributed by atoms with van der Waals surface area (Å²) in [6.45, 7) is 8.02. The smallest absolute Gasteiger partial charge is 0.399 e. The second-order valence-electron chi connectivity index (χ2n) is 5.33. The van der Waals surface area contributed by atoms with Crippen LogP contribution in [0.2, 0.25) is 0 Å². The first-order valence-electron chi connectivity index (χ1n) is 5.44. The Morgan fingerprint density at radius 3 is 1.88 bits per heavy atom. The van der Waals surface area contributed by atoms with Crippen molar-refractivity contribution in [3.05, 3.63) is 11.7 Å². The number of rotatable bonds is 3. The van der Waals surface area contributed by atoms with Crippen LogP contribution in [0.4, 0.5) is 0 Å².